The molecule has 0 aliphatic carbocycles. The Balaban J connectivity index is 1.99. The summed E-state index contributed by atoms with van der Waals surface area (Å²) in [6.45, 7) is 1.78. The average molecular weight is 359 g/mol. The number of halogens is 3. The van der Waals surface area contributed by atoms with E-state index in [1.54, 1.807) is 18.4 Å². The number of rotatable bonds is 2. The highest BCUT2D eigenvalue weighted by atomic mass is 32.1. The number of thiocarbonyl (C=S) groups is 1. The zero-order valence-electron chi connectivity index (χ0n) is 11.8. The molecule has 0 saturated heterocycles. The van der Waals surface area contributed by atoms with Crippen LogP contribution in [0.25, 0.3) is 0 Å². The lowest BCUT2D eigenvalue weighted by Crippen LogP contribution is -2.43. The maximum Gasteiger partial charge on any atom is 0.418 e. The Morgan fingerprint density at radius 2 is 1.87 bits per heavy atom. The van der Waals surface area contributed by atoms with Crippen molar-refractivity contribution in [2.45, 2.75) is 13.1 Å². The molecular weight excluding hydrogens is 347 g/mol. The van der Waals surface area contributed by atoms with Crippen LogP contribution in [0.3, 0.4) is 0 Å². The van der Waals surface area contributed by atoms with Crippen LogP contribution in [0.5, 0.6) is 0 Å². The second-order valence-electron chi connectivity index (χ2n) is 4.51. The number of carbonyl (C=O) groups excluding carboxylic acids is 1. The minimum absolute atomic E-state index is 0.149. The molecule has 9 heteroatoms. The van der Waals surface area contributed by atoms with Crippen molar-refractivity contribution in [3.63, 3.8) is 0 Å². The van der Waals surface area contributed by atoms with Crippen LogP contribution >= 0.6 is 23.6 Å². The van der Waals surface area contributed by atoms with Gasteiger partial charge in [-0.05, 0) is 48.3 Å². The summed E-state index contributed by atoms with van der Waals surface area (Å²) in [6.07, 6.45) is -4.50. The molecule has 2 rings (SSSR count). The summed E-state index contributed by atoms with van der Waals surface area (Å²) in [5, 5.41) is 4.04. The van der Waals surface area contributed by atoms with Crippen molar-refractivity contribution >= 4 is 40.3 Å². The van der Waals surface area contributed by atoms with E-state index in [9.17, 15) is 18.0 Å². The van der Waals surface area contributed by atoms with E-state index in [1.165, 1.54) is 29.5 Å². The van der Waals surface area contributed by atoms with E-state index in [2.05, 4.69) is 16.2 Å². The molecule has 0 saturated carbocycles. The predicted octanol–water partition coefficient (Wildman–Crippen LogP) is 3.71. The van der Waals surface area contributed by atoms with Crippen LogP contribution in [0.15, 0.2) is 35.7 Å². The topological polar surface area (TPSA) is 53.2 Å². The Morgan fingerprint density at radius 3 is 2.48 bits per heavy atom. The van der Waals surface area contributed by atoms with Crippen LogP contribution in [-0.2, 0) is 6.18 Å². The number of hydrogen-bond acceptors (Lipinski definition) is 3. The number of nitrogens with one attached hydrogen (secondary N) is 3. The van der Waals surface area contributed by atoms with Gasteiger partial charge in [-0.15, -0.1) is 11.3 Å². The molecule has 0 aliphatic rings. The number of anilines is 1. The maximum absolute atomic E-state index is 12.9. The van der Waals surface area contributed by atoms with Crippen molar-refractivity contribution in [3.8, 4) is 0 Å². The molecule has 122 valence electrons. The van der Waals surface area contributed by atoms with Gasteiger partial charge in [-0.1, -0.05) is 12.1 Å². The van der Waals surface area contributed by atoms with Gasteiger partial charge in [0.15, 0.2) is 5.11 Å². The summed E-state index contributed by atoms with van der Waals surface area (Å²) >= 11 is 6.15. The fraction of sp³-hybridized carbons (Fsp3) is 0.143. The number of aryl methyl sites for hydroxylation is 1. The molecule has 0 bridgehead atoms. The van der Waals surface area contributed by atoms with E-state index in [1.807, 2.05) is 0 Å². The smallest absolute Gasteiger partial charge is 0.331 e. The van der Waals surface area contributed by atoms with Crippen molar-refractivity contribution in [1.29, 1.82) is 0 Å². The van der Waals surface area contributed by atoms with E-state index in [4.69, 9.17) is 12.2 Å². The number of alkyl halides is 3. The quantitative estimate of drug-likeness (QED) is 0.565. The highest BCUT2D eigenvalue weighted by Crippen LogP contribution is 2.34. The fourth-order valence-corrected chi connectivity index (χ4v) is 2.75. The van der Waals surface area contributed by atoms with Gasteiger partial charge in [0.05, 0.1) is 16.1 Å². The number of para-hydroxylation sites is 1. The van der Waals surface area contributed by atoms with Crippen molar-refractivity contribution < 1.29 is 18.0 Å². The van der Waals surface area contributed by atoms with Crippen LogP contribution in [0, 0.1) is 6.92 Å². The number of benzene rings is 1. The first-order chi connectivity index (χ1) is 10.8. The number of amides is 1. The molecule has 0 radical (unpaired) electrons. The predicted molar refractivity (Wildman–Crippen MR) is 87.3 cm³/mol. The first kappa shape index (κ1) is 17.2. The first-order valence-corrected chi connectivity index (χ1v) is 7.65. The van der Waals surface area contributed by atoms with Gasteiger partial charge in [-0.25, -0.2) is 0 Å². The third-order valence-electron chi connectivity index (χ3n) is 2.84. The second kappa shape index (κ2) is 6.97. The average Bonchev–Trinajstić information content (AvgIpc) is 2.90. The molecule has 0 spiro atoms. The molecule has 1 heterocycles. The molecule has 2 aromatic rings. The van der Waals surface area contributed by atoms with E-state index in [-0.39, 0.29) is 10.8 Å². The standard InChI is InChI=1S/C14H12F3N3OS2/c1-8-6-7-23-11(8)12(21)19-20-13(22)18-10-5-3-2-4-9(10)14(15,16)17/h2-7H,1H3,(H,19,21)(H2,18,20,22). The summed E-state index contributed by atoms with van der Waals surface area (Å²) in [7, 11) is 0. The van der Waals surface area contributed by atoms with Gasteiger partial charge in [0.1, 0.15) is 0 Å². The van der Waals surface area contributed by atoms with E-state index in [0.29, 0.717) is 4.88 Å². The van der Waals surface area contributed by atoms with Crippen LogP contribution in [0.1, 0.15) is 20.8 Å². The molecular formula is C14H12F3N3OS2. The lowest BCUT2D eigenvalue weighted by molar-refractivity contribution is -0.136. The third-order valence-corrected chi connectivity index (χ3v) is 4.06. The van der Waals surface area contributed by atoms with Gasteiger partial charge < -0.3 is 5.32 Å². The molecule has 1 aromatic heterocycles. The lowest BCUT2D eigenvalue weighted by Gasteiger charge is -2.16. The number of hydrogen-bond donors (Lipinski definition) is 3. The number of thiophene rings is 1. The largest absolute Gasteiger partial charge is 0.418 e. The zero-order chi connectivity index (χ0) is 17.0. The summed E-state index contributed by atoms with van der Waals surface area (Å²) in [5.74, 6) is -0.411. The minimum atomic E-state index is -4.50. The van der Waals surface area contributed by atoms with Gasteiger partial charge >= 0.3 is 6.18 Å². The molecule has 0 unspecified atom stereocenters. The van der Waals surface area contributed by atoms with Crippen molar-refractivity contribution in [3.05, 3.63) is 51.7 Å². The number of hydrazine groups is 1. The van der Waals surface area contributed by atoms with Crippen LogP contribution in [-0.4, -0.2) is 11.0 Å². The Kier molecular flexibility index (Phi) is 5.22. The third kappa shape index (κ3) is 4.42. The number of carbonyl (C=O) groups is 1. The van der Waals surface area contributed by atoms with Crippen molar-refractivity contribution in [2.24, 2.45) is 0 Å². The van der Waals surface area contributed by atoms with Crippen molar-refractivity contribution in [1.82, 2.24) is 10.9 Å². The first-order valence-electron chi connectivity index (χ1n) is 6.36. The van der Waals surface area contributed by atoms with Crippen LogP contribution < -0.4 is 16.2 Å². The molecule has 4 nitrogen and oxygen atoms in total. The highest BCUT2D eigenvalue weighted by molar-refractivity contribution is 7.80. The van der Waals surface area contributed by atoms with E-state index in [0.717, 1.165) is 11.6 Å². The Morgan fingerprint density at radius 1 is 1.17 bits per heavy atom. The molecule has 1 amide bonds. The van der Waals surface area contributed by atoms with Crippen LogP contribution in [0.2, 0.25) is 0 Å². The summed E-state index contributed by atoms with van der Waals surface area (Å²) in [4.78, 5) is 12.4. The van der Waals surface area contributed by atoms with Gasteiger partial charge in [-0.2, -0.15) is 13.2 Å². The zero-order valence-corrected chi connectivity index (χ0v) is 13.5. The fourth-order valence-electron chi connectivity index (χ4n) is 1.77. The lowest BCUT2D eigenvalue weighted by atomic mass is 10.2. The summed E-state index contributed by atoms with van der Waals surface area (Å²) in [5.41, 5.74) is 4.49. The van der Waals surface area contributed by atoms with E-state index < -0.39 is 17.6 Å². The Bertz CT molecular complexity index is 728. The Hall–Kier alpha value is -2.13. The molecule has 3 N–H and O–H groups in total. The minimum Gasteiger partial charge on any atom is -0.331 e. The SMILES string of the molecule is Cc1ccsc1C(=O)NNC(=S)Nc1ccccc1C(F)(F)F. The molecule has 0 atom stereocenters. The monoisotopic (exact) mass is 359 g/mol. The van der Waals surface area contributed by atoms with Gasteiger partial charge in [0.2, 0.25) is 0 Å². The van der Waals surface area contributed by atoms with Gasteiger partial charge in [0.25, 0.3) is 5.91 Å². The normalized spacial score (nSPS) is 11.0. The van der Waals surface area contributed by atoms with Crippen LogP contribution in [0.4, 0.5) is 18.9 Å². The van der Waals surface area contributed by atoms with E-state index >= 15 is 0 Å². The van der Waals surface area contributed by atoms with Crippen molar-refractivity contribution in [2.75, 3.05) is 5.32 Å². The highest BCUT2D eigenvalue weighted by Gasteiger charge is 2.33. The Labute approximate surface area is 139 Å². The molecule has 0 fully saturated rings. The maximum atomic E-state index is 12.9. The van der Waals surface area contributed by atoms with Gasteiger partial charge in [-0.3, -0.25) is 15.6 Å². The summed E-state index contributed by atoms with van der Waals surface area (Å²) < 4.78 is 38.6. The second-order valence-corrected chi connectivity index (χ2v) is 5.83. The van der Waals surface area contributed by atoms with Gasteiger partial charge in [0, 0.05) is 0 Å². The molecule has 23 heavy (non-hydrogen) atoms. The molecule has 0 aliphatic heterocycles. The summed E-state index contributed by atoms with van der Waals surface area (Å²) in [6, 6.07) is 6.72. The molecule has 1 aromatic carbocycles.